The molecule has 2 nitrogen and oxygen atoms in total. The van der Waals surface area contributed by atoms with Gasteiger partial charge in [0.05, 0.1) is 5.52 Å². The van der Waals surface area contributed by atoms with E-state index in [2.05, 4.69) is 9.97 Å². The number of halogens is 3. The van der Waals surface area contributed by atoms with E-state index in [1.165, 1.54) is 12.1 Å². The molecule has 5 heteroatoms. The first-order valence-corrected chi connectivity index (χ1v) is 6.31. The molecule has 1 heterocycles. The molecule has 3 rings (SSSR count). The molecule has 0 N–H and O–H groups in total. The third-order valence-corrected chi connectivity index (χ3v) is 3.23. The first-order valence-electron chi connectivity index (χ1n) is 5.93. The zero-order chi connectivity index (χ0) is 14.3. The van der Waals surface area contributed by atoms with E-state index >= 15 is 0 Å². The molecule has 3 aromatic rings. The van der Waals surface area contributed by atoms with Gasteiger partial charge in [-0.1, -0.05) is 11.6 Å². The van der Waals surface area contributed by atoms with Crippen LogP contribution >= 0.6 is 11.6 Å². The molecule has 0 spiro atoms. The van der Waals surface area contributed by atoms with Crippen molar-refractivity contribution in [2.45, 2.75) is 6.92 Å². The number of hydrogen-bond donors (Lipinski definition) is 0. The van der Waals surface area contributed by atoms with Crippen molar-refractivity contribution in [2.75, 3.05) is 0 Å². The second-order valence-corrected chi connectivity index (χ2v) is 4.86. The third-order valence-electron chi connectivity index (χ3n) is 3.01. The standard InChI is InChI=1S/C15H9ClF2N2/c1-8-19-7-13-12(4-9(16)5-15(13)20-8)11-3-2-10(17)6-14(11)18/h2-7H,1H3. The summed E-state index contributed by atoms with van der Waals surface area (Å²) in [5.41, 5.74) is 1.44. The summed E-state index contributed by atoms with van der Waals surface area (Å²) in [6.07, 6.45) is 1.62. The number of fused-ring (bicyclic) bond motifs is 1. The van der Waals surface area contributed by atoms with Crippen LogP contribution in [0.5, 0.6) is 0 Å². The van der Waals surface area contributed by atoms with Gasteiger partial charge in [-0.25, -0.2) is 18.7 Å². The van der Waals surface area contributed by atoms with Crippen LogP contribution in [0.2, 0.25) is 5.02 Å². The van der Waals surface area contributed by atoms with Crippen molar-refractivity contribution in [1.29, 1.82) is 0 Å². The first-order chi connectivity index (χ1) is 9.54. The SMILES string of the molecule is Cc1ncc2c(-c3ccc(F)cc3F)cc(Cl)cc2n1. The number of aromatic nitrogens is 2. The summed E-state index contributed by atoms with van der Waals surface area (Å²) in [5, 5.41) is 1.11. The lowest BCUT2D eigenvalue weighted by molar-refractivity contribution is 0.585. The van der Waals surface area contributed by atoms with Gasteiger partial charge in [0, 0.05) is 28.2 Å². The normalized spacial score (nSPS) is 11.0. The molecule has 0 fully saturated rings. The van der Waals surface area contributed by atoms with Crippen molar-refractivity contribution >= 4 is 22.5 Å². The van der Waals surface area contributed by atoms with Crippen molar-refractivity contribution in [1.82, 2.24) is 9.97 Å². The van der Waals surface area contributed by atoms with Crippen molar-refractivity contribution in [3.8, 4) is 11.1 Å². The fraction of sp³-hybridized carbons (Fsp3) is 0.0667. The topological polar surface area (TPSA) is 25.8 Å². The molecule has 0 bridgehead atoms. The zero-order valence-electron chi connectivity index (χ0n) is 10.5. The minimum atomic E-state index is -0.644. The van der Waals surface area contributed by atoms with E-state index in [1.54, 1.807) is 25.3 Å². The lowest BCUT2D eigenvalue weighted by atomic mass is 10.0. The molecule has 0 atom stereocenters. The molecule has 0 aliphatic carbocycles. The summed E-state index contributed by atoms with van der Waals surface area (Å²) in [6, 6.07) is 6.75. The molecule has 2 aromatic carbocycles. The zero-order valence-corrected chi connectivity index (χ0v) is 11.2. The van der Waals surface area contributed by atoms with Crippen molar-refractivity contribution in [2.24, 2.45) is 0 Å². The predicted molar refractivity (Wildman–Crippen MR) is 74.6 cm³/mol. The minimum Gasteiger partial charge on any atom is -0.241 e. The summed E-state index contributed by atoms with van der Waals surface area (Å²) in [7, 11) is 0. The summed E-state index contributed by atoms with van der Waals surface area (Å²) >= 11 is 6.05. The molecule has 0 unspecified atom stereocenters. The van der Waals surface area contributed by atoms with Gasteiger partial charge in [0.2, 0.25) is 0 Å². The average Bonchev–Trinajstić information content (AvgIpc) is 2.37. The Morgan fingerprint density at radius 1 is 1.05 bits per heavy atom. The summed E-state index contributed by atoms with van der Waals surface area (Å²) in [5.74, 6) is -0.663. The Morgan fingerprint density at radius 3 is 2.60 bits per heavy atom. The van der Waals surface area contributed by atoms with Gasteiger partial charge >= 0.3 is 0 Å². The highest BCUT2D eigenvalue weighted by Gasteiger charge is 2.12. The molecule has 0 saturated heterocycles. The Balaban J connectivity index is 2.35. The van der Waals surface area contributed by atoms with E-state index in [-0.39, 0.29) is 5.56 Å². The van der Waals surface area contributed by atoms with Gasteiger partial charge in [0.1, 0.15) is 17.5 Å². The lowest BCUT2D eigenvalue weighted by Gasteiger charge is -2.09. The fourth-order valence-corrected chi connectivity index (χ4v) is 2.34. The molecule has 0 saturated carbocycles. The first kappa shape index (κ1) is 12.9. The van der Waals surface area contributed by atoms with Crippen LogP contribution in [0, 0.1) is 18.6 Å². The Hall–Kier alpha value is -2.07. The maximum atomic E-state index is 14.0. The molecule has 0 aliphatic heterocycles. The van der Waals surface area contributed by atoms with E-state index in [0.29, 0.717) is 27.3 Å². The number of rotatable bonds is 1. The molecule has 20 heavy (non-hydrogen) atoms. The average molecular weight is 291 g/mol. The highest BCUT2D eigenvalue weighted by atomic mass is 35.5. The molecular weight excluding hydrogens is 282 g/mol. The van der Waals surface area contributed by atoms with Crippen LogP contribution in [0.15, 0.2) is 36.5 Å². The second-order valence-electron chi connectivity index (χ2n) is 4.43. The summed E-state index contributed by atoms with van der Waals surface area (Å²) < 4.78 is 27.0. The van der Waals surface area contributed by atoms with Crippen LogP contribution in [0.1, 0.15) is 5.82 Å². The third kappa shape index (κ3) is 2.23. The van der Waals surface area contributed by atoms with Gasteiger partial charge in [0.15, 0.2) is 0 Å². The van der Waals surface area contributed by atoms with Crippen LogP contribution in [-0.4, -0.2) is 9.97 Å². The van der Waals surface area contributed by atoms with Crippen LogP contribution < -0.4 is 0 Å². The van der Waals surface area contributed by atoms with E-state index in [4.69, 9.17) is 11.6 Å². The Labute approximate surface area is 119 Å². The molecule has 1 aromatic heterocycles. The maximum Gasteiger partial charge on any atom is 0.133 e. The van der Waals surface area contributed by atoms with Crippen molar-refractivity contribution in [3.63, 3.8) is 0 Å². The number of hydrogen-bond acceptors (Lipinski definition) is 2. The van der Waals surface area contributed by atoms with Crippen LogP contribution in [0.3, 0.4) is 0 Å². The number of benzene rings is 2. The number of aryl methyl sites for hydroxylation is 1. The molecule has 0 aliphatic rings. The minimum absolute atomic E-state index is 0.270. The summed E-state index contributed by atoms with van der Waals surface area (Å²) in [6.45, 7) is 1.76. The Bertz CT molecular complexity index is 813. The van der Waals surface area contributed by atoms with E-state index in [9.17, 15) is 8.78 Å². The van der Waals surface area contributed by atoms with Gasteiger partial charge in [0.25, 0.3) is 0 Å². The molecule has 0 amide bonds. The monoisotopic (exact) mass is 290 g/mol. The molecular formula is C15H9ClF2N2. The highest BCUT2D eigenvalue weighted by Crippen LogP contribution is 2.32. The van der Waals surface area contributed by atoms with E-state index in [0.717, 1.165) is 6.07 Å². The quantitative estimate of drug-likeness (QED) is 0.658. The van der Waals surface area contributed by atoms with Crippen LogP contribution in [-0.2, 0) is 0 Å². The summed E-state index contributed by atoms with van der Waals surface area (Å²) in [4.78, 5) is 8.40. The van der Waals surface area contributed by atoms with E-state index in [1.807, 2.05) is 0 Å². The Morgan fingerprint density at radius 2 is 1.85 bits per heavy atom. The van der Waals surface area contributed by atoms with Gasteiger partial charge in [-0.15, -0.1) is 0 Å². The molecule has 100 valence electrons. The van der Waals surface area contributed by atoms with Gasteiger partial charge in [-0.2, -0.15) is 0 Å². The second kappa shape index (κ2) is 4.80. The van der Waals surface area contributed by atoms with Crippen LogP contribution in [0.25, 0.3) is 22.0 Å². The van der Waals surface area contributed by atoms with Gasteiger partial charge < -0.3 is 0 Å². The highest BCUT2D eigenvalue weighted by molar-refractivity contribution is 6.31. The van der Waals surface area contributed by atoms with Crippen LogP contribution in [0.4, 0.5) is 8.78 Å². The van der Waals surface area contributed by atoms with E-state index < -0.39 is 11.6 Å². The fourth-order valence-electron chi connectivity index (χ4n) is 2.12. The molecule has 0 radical (unpaired) electrons. The van der Waals surface area contributed by atoms with Crippen molar-refractivity contribution < 1.29 is 8.78 Å². The van der Waals surface area contributed by atoms with Gasteiger partial charge in [-0.3, -0.25) is 0 Å². The smallest absolute Gasteiger partial charge is 0.133 e. The predicted octanol–water partition coefficient (Wildman–Crippen LogP) is 4.54. The number of nitrogens with zero attached hydrogens (tertiary/aromatic N) is 2. The maximum absolute atomic E-state index is 14.0. The van der Waals surface area contributed by atoms with Crippen molar-refractivity contribution in [3.05, 3.63) is 59.0 Å². The Kier molecular flexibility index (Phi) is 3.10. The van der Waals surface area contributed by atoms with Gasteiger partial charge in [-0.05, 0) is 36.8 Å². The largest absolute Gasteiger partial charge is 0.241 e. The lowest BCUT2D eigenvalue weighted by Crippen LogP contribution is -1.92.